The van der Waals surface area contributed by atoms with Crippen molar-refractivity contribution in [3.63, 3.8) is 0 Å². The first-order chi connectivity index (χ1) is 12.4. The van der Waals surface area contributed by atoms with Crippen LogP contribution in [0.25, 0.3) is 0 Å². The van der Waals surface area contributed by atoms with E-state index in [0.717, 1.165) is 0 Å². The molecule has 136 valence electrons. The van der Waals surface area contributed by atoms with Crippen LogP contribution in [0, 0.1) is 5.92 Å². The van der Waals surface area contributed by atoms with Crippen LogP contribution in [0.4, 0.5) is 5.13 Å². The van der Waals surface area contributed by atoms with Crippen molar-refractivity contribution in [2.45, 2.75) is 32.7 Å². The van der Waals surface area contributed by atoms with Crippen LogP contribution in [0.1, 0.15) is 46.0 Å². The quantitative estimate of drug-likeness (QED) is 0.896. The molecule has 2 amide bonds. The summed E-state index contributed by atoms with van der Waals surface area (Å²) in [5.41, 5.74) is 1.13. The van der Waals surface area contributed by atoms with Gasteiger partial charge in [-0.05, 0) is 26.0 Å². The van der Waals surface area contributed by atoms with Crippen molar-refractivity contribution in [3.05, 3.63) is 46.5 Å². The lowest BCUT2D eigenvalue weighted by Crippen LogP contribution is -2.40. The third kappa shape index (κ3) is 3.67. The van der Waals surface area contributed by atoms with Gasteiger partial charge in [0.2, 0.25) is 5.91 Å². The Morgan fingerprint density at radius 1 is 1.23 bits per heavy atom. The predicted octanol–water partition coefficient (Wildman–Crippen LogP) is 3.01. The van der Waals surface area contributed by atoms with E-state index >= 15 is 0 Å². The van der Waals surface area contributed by atoms with Crippen molar-refractivity contribution in [2.24, 2.45) is 5.92 Å². The van der Waals surface area contributed by atoms with Crippen molar-refractivity contribution < 1.29 is 14.4 Å². The highest BCUT2D eigenvalue weighted by Crippen LogP contribution is 2.33. The Kier molecular flexibility index (Phi) is 5.18. The number of carbonyl (C=O) groups excluding carboxylic acids is 3. The molecule has 1 N–H and O–H groups in total. The molecule has 7 heteroatoms. The van der Waals surface area contributed by atoms with Gasteiger partial charge in [-0.1, -0.05) is 29.5 Å². The summed E-state index contributed by atoms with van der Waals surface area (Å²) in [6, 6.07) is 8.91. The summed E-state index contributed by atoms with van der Waals surface area (Å²) in [4.78, 5) is 43.9. The number of nitrogens with zero attached hydrogens (tertiary/aromatic N) is 2. The maximum atomic E-state index is 12.5. The Hall–Kier alpha value is -2.54. The second-order valence-electron chi connectivity index (χ2n) is 6.69. The van der Waals surface area contributed by atoms with Crippen molar-refractivity contribution in [1.82, 2.24) is 9.88 Å². The molecule has 0 radical (unpaired) electrons. The molecule has 3 rings (SSSR count). The van der Waals surface area contributed by atoms with E-state index in [-0.39, 0.29) is 36.0 Å². The van der Waals surface area contributed by atoms with Crippen LogP contribution in [0.2, 0.25) is 0 Å². The number of carbonyl (C=O) groups is 3. The van der Waals surface area contributed by atoms with Gasteiger partial charge in [0.25, 0.3) is 5.91 Å². The van der Waals surface area contributed by atoms with Gasteiger partial charge in [0.1, 0.15) is 0 Å². The average Bonchev–Trinajstić information content (AvgIpc) is 3.04. The van der Waals surface area contributed by atoms with Crippen LogP contribution >= 0.6 is 11.3 Å². The average molecular weight is 371 g/mol. The first kappa shape index (κ1) is 18.3. The lowest BCUT2D eigenvalue weighted by atomic mass is 9.89. The fourth-order valence-electron chi connectivity index (χ4n) is 2.86. The number of hydrogen-bond donors (Lipinski definition) is 1. The van der Waals surface area contributed by atoms with Crippen LogP contribution in [0.5, 0.6) is 0 Å². The molecule has 1 atom stereocenters. The Morgan fingerprint density at radius 3 is 2.58 bits per heavy atom. The third-order valence-electron chi connectivity index (χ3n) is 4.55. The summed E-state index contributed by atoms with van der Waals surface area (Å²) >= 11 is 1.18. The number of rotatable bonds is 4. The van der Waals surface area contributed by atoms with Crippen LogP contribution < -0.4 is 5.32 Å². The molecule has 0 fully saturated rings. The van der Waals surface area contributed by atoms with Gasteiger partial charge in [-0.15, -0.1) is 0 Å². The highest BCUT2D eigenvalue weighted by atomic mass is 32.1. The second-order valence-corrected chi connectivity index (χ2v) is 7.69. The molecule has 1 aliphatic rings. The lowest BCUT2D eigenvalue weighted by molar-refractivity contribution is -0.135. The van der Waals surface area contributed by atoms with Crippen molar-refractivity contribution in [3.8, 4) is 0 Å². The van der Waals surface area contributed by atoms with Crippen molar-refractivity contribution in [2.75, 3.05) is 12.4 Å². The fraction of sp³-hybridized carbons (Fsp3) is 0.368. The molecule has 1 unspecified atom stereocenters. The lowest BCUT2D eigenvalue weighted by Gasteiger charge is -2.28. The van der Waals surface area contributed by atoms with Gasteiger partial charge in [0.15, 0.2) is 10.9 Å². The number of hydrogen-bond acceptors (Lipinski definition) is 5. The van der Waals surface area contributed by atoms with E-state index < -0.39 is 0 Å². The Labute approximate surface area is 156 Å². The number of Topliss-reactive ketones (excluding diaryl/α,β-unsaturated/α-hetero) is 1. The number of fused-ring (bicyclic) bond motifs is 1. The third-order valence-corrected chi connectivity index (χ3v) is 5.60. The molecule has 1 aromatic carbocycles. The Morgan fingerprint density at radius 2 is 1.92 bits per heavy atom. The number of ketones is 1. The SMILES string of the molecule is CC(C)N(C)C(=O)C1CC(=O)c2sc(NC(=O)c3ccccc3)nc2C1. The molecule has 0 bridgehead atoms. The van der Waals surface area contributed by atoms with E-state index in [1.807, 2.05) is 19.9 Å². The predicted molar refractivity (Wildman–Crippen MR) is 101 cm³/mol. The maximum absolute atomic E-state index is 12.5. The van der Waals surface area contributed by atoms with Gasteiger partial charge < -0.3 is 4.90 Å². The van der Waals surface area contributed by atoms with Gasteiger partial charge in [0.05, 0.1) is 16.5 Å². The topological polar surface area (TPSA) is 79.4 Å². The largest absolute Gasteiger partial charge is 0.343 e. The van der Waals surface area contributed by atoms with Crippen LogP contribution in [-0.2, 0) is 11.2 Å². The standard InChI is InChI=1S/C19H21N3O3S/c1-11(2)22(3)18(25)13-9-14-16(15(23)10-13)26-19(20-14)21-17(24)12-7-5-4-6-8-12/h4-8,11,13H,9-10H2,1-3H3,(H,20,21,24). The van der Waals surface area contributed by atoms with E-state index in [2.05, 4.69) is 10.3 Å². The summed E-state index contributed by atoms with van der Waals surface area (Å²) in [5, 5.41) is 3.13. The first-order valence-electron chi connectivity index (χ1n) is 8.52. The highest BCUT2D eigenvalue weighted by Gasteiger charge is 2.34. The van der Waals surface area contributed by atoms with Gasteiger partial charge in [-0.2, -0.15) is 0 Å². The molecule has 2 aromatic rings. The van der Waals surface area contributed by atoms with E-state index in [4.69, 9.17) is 0 Å². The Balaban J connectivity index is 1.76. The fourth-order valence-corrected chi connectivity index (χ4v) is 3.80. The molecule has 0 aliphatic heterocycles. The molecule has 1 heterocycles. The van der Waals surface area contributed by atoms with E-state index in [1.165, 1.54) is 11.3 Å². The molecule has 1 aliphatic carbocycles. The zero-order valence-corrected chi connectivity index (χ0v) is 15.8. The van der Waals surface area contributed by atoms with Crippen molar-refractivity contribution in [1.29, 1.82) is 0 Å². The summed E-state index contributed by atoms with van der Waals surface area (Å²) in [7, 11) is 1.75. The first-order valence-corrected chi connectivity index (χ1v) is 9.34. The van der Waals surface area contributed by atoms with E-state index in [9.17, 15) is 14.4 Å². The van der Waals surface area contributed by atoms with Crippen LogP contribution in [-0.4, -0.2) is 40.6 Å². The zero-order chi connectivity index (χ0) is 18.8. The minimum atomic E-state index is -0.387. The molecule has 26 heavy (non-hydrogen) atoms. The molecule has 0 spiro atoms. The zero-order valence-electron chi connectivity index (χ0n) is 15.0. The minimum Gasteiger partial charge on any atom is -0.343 e. The molecule has 6 nitrogen and oxygen atoms in total. The van der Waals surface area contributed by atoms with Crippen LogP contribution in [0.15, 0.2) is 30.3 Å². The van der Waals surface area contributed by atoms with Gasteiger partial charge in [-0.3, -0.25) is 19.7 Å². The monoisotopic (exact) mass is 371 g/mol. The summed E-state index contributed by atoms with van der Waals surface area (Å²) in [6.45, 7) is 3.88. The molecular formula is C19H21N3O3S. The number of anilines is 1. The number of amides is 2. The normalized spacial score (nSPS) is 16.3. The molecule has 0 saturated heterocycles. The molecule has 1 aromatic heterocycles. The van der Waals surface area contributed by atoms with Crippen LogP contribution in [0.3, 0.4) is 0 Å². The highest BCUT2D eigenvalue weighted by molar-refractivity contribution is 7.17. The number of thiazole rings is 1. The number of benzene rings is 1. The summed E-state index contributed by atoms with van der Waals surface area (Å²) in [5.74, 6) is -0.778. The van der Waals surface area contributed by atoms with Gasteiger partial charge in [0, 0.05) is 31.5 Å². The summed E-state index contributed by atoms with van der Waals surface area (Å²) in [6.07, 6.45) is 0.617. The second kappa shape index (κ2) is 7.37. The minimum absolute atomic E-state index is 0.0399. The number of aromatic nitrogens is 1. The van der Waals surface area contributed by atoms with Gasteiger partial charge in [-0.25, -0.2) is 4.98 Å². The molecular weight excluding hydrogens is 350 g/mol. The van der Waals surface area contributed by atoms with E-state index in [1.54, 1.807) is 36.2 Å². The van der Waals surface area contributed by atoms with Gasteiger partial charge >= 0.3 is 0 Å². The maximum Gasteiger partial charge on any atom is 0.257 e. The van der Waals surface area contributed by atoms with Crippen molar-refractivity contribution >= 4 is 34.1 Å². The molecule has 0 saturated carbocycles. The Bertz CT molecular complexity index is 845. The van der Waals surface area contributed by atoms with E-state index in [0.29, 0.717) is 27.7 Å². The number of nitrogens with one attached hydrogen (secondary N) is 1. The summed E-state index contributed by atoms with van der Waals surface area (Å²) < 4.78 is 0. The smallest absolute Gasteiger partial charge is 0.257 e.